The molecule has 0 spiro atoms. The van der Waals surface area contributed by atoms with Gasteiger partial charge < -0.3 is 5.11 Å². The highest BCUT2D eigenvalue weighted by molar-refractivity contribution is 7.91. The van der Waals surface area contributed by atoms with E-state index >= 15 is 0 Å². The van der Waals surface area contributed by atoms with Gasteiger partial charge in [0.2, 0.25) is 10.0 Å². The van der Waals surface area contributed by atoms with Crippen LogP contribution in [0.2, 0.25) is 5.02 Å². The van der Waals surface area contributed by atoms with Gasteiger partial charge in [-0.2, -0.15) is 4.31 Å². The van der Waals surface area contributed by atoms with Crippen molar-refractivity contribution >= 4 is 31.5 Å². The van der Waals surface area contributed by atoms with Gasteiger partial charge in [0.05, 0.1) is 17.3 Å². The molecule has 20 heavy (non-hydrogen) atoms. The van der Waals surface area contributed by atoms with Crippen molar-refractivity contribution in [2.45, 2.75) is 11.5 Å². The molecule has 0 heterocycles. The quantitative estimate of drug-likeness (QED) is 0.813. The van der Waals surface area contributed by atoms with E-state index < -0.39 is 19.9 Å². The van der Waals surface area contributed by atoms with Gasteiger partial charge >= 0.3 is 0 Å². The summed E-state index contributed by atoms with van der Waals surface area (Å²) in [6.07, 6.45) is 1.04. The number of rotatable bonds is 6. The zero-order valence-electron chi connectivity index (χ0n) is 11.1. The van der Waals surface area contributed by atoms with Crippen molar-refractivity contribution in [1.82, 2.24) is 4.31 Å². The monoisotopic (exact) mass is 341 g/mol. The standard InChI is InChI=1S/C11H16ClNO5S2/c1-13(5-6-19(2,15)16)20(17,18)10-4-3-9(8-14)11(12)7-10/h3-4,7,14H,5-6,8H2,1-2H3. The number of aliphatic hydroxyl groups excluding tert-OH is 1. The highest BCUT2D eigenvalue weighted by Gasteiger charge is 2.22. The molecule has 0 aromatic heterocycles. The van der Waals surface area contributed by atoms with Crippen LogP contribution in [0.3, 0.4) is 0 Å². The van der Waals surface area contributed by atoms with Gasteiger partial charge in [0.1, 0.15) is 9.84 Å². The summed E-state index contributed by atoms with van der Waals surface area (Å²) in [6.45, 7) is -0.427. The molecule has 1 aromatic rings. The molecule has 1 N–H and O–H groups in total. The molecule has 0 saturated carbocycles. The molecule has 0 aliphatic heterocycles. The van der Waals surface area contributed by atoms with Crippen LogP contribution in [-0.2, 0) is 26.5 Å². The first kappa shape index (κ1) is 17.4. The summed E-state index contributed by atoms with van der Waals surface area (Å²) >= 11 is 5.85. The Kier molecular flexibility index (Phi) is 5.56. The van der Waals surface area contributed by atoms with Crippen molar-refractivity contribution < 1.29 is 21.9 Å². The summed E-state index contributed by atoms with van der Waals surface area (Å²) in [5, 5.41) is 9.13. The molecule has 9 heteroatoms. The van der Waals surface area contributed by atoms with E-state index in [1.54, 1.807) is 0 Å². The molecular formula is C11H16ClNO5S2. The molecule has 0 bridgehead atoms. The highest BCUT2D eigenvalue weighted by Crippen LogP contribution is 2.22. The van der Waals surface area contributed by atoms with E-state index in [4.69, 9.17) is 16.7 Å². The minimum absolute atomic E-state index is 0.0456. The maximum Gasteiger partial charge on any atom is 0.242 e. The zero-order valence-corrected chi connectivity index (χ0v) is 13.5. The van der Waals surface area contributed by atoms with Gasteiger partial charge in [-0.25, -0.2) is 16.8 Å². The van der Waals surface area contributed by atoms with Gasteiger partial charge in [-0.15, -0.1) is 0 Å². The normalized spacial score (nSPS) is 12.8. The minimum Gasteiger partial charge on any atom is -0.392 e. The van der Waals surface area contributed by atoms with Crippen molar-refractivity contribution in [2.24, 2.45) is 0 Å². The van der Waals surface area contributed by atoms with Crippen LogP contribution in [0, 0.1) is 0 Å². The Morgan fingerprint density at radius 1 is 1.25 bits per heavy atom. The Bertz CT molecular complexity index is 685. The number of nitrogens with zero attached hydrogens (tertiary/aromatic N) is 1. The lowest BCUT2D eigenvalue weighted by molar-refractivity contribution is 0.282. The molecule has 1 aromatic carbocycles. The largest absolute Gasteiger partial charge is 0.392 e. The van der Waals surface area contributed by atoms with Crippen molar-refractivity contribution in [3.8, 4) is 0 Å². The summed E-state index contributed by atoms with van der Waals surface area (Å²) in [5.74, 6) is -0.259. The number of halogens is 1. The van der Waals surface area contributed by atoms with Crippen molar-refractivity contribution in [2.75, 3.05) is 25.6 Å². The average Bonchev–Trinajstić information content (AvgIpc) is 2.34. The fourth-order valence-corrected chi connectivity index (χ4v) is 3.64. The number of benzene rings is 1. The Labute approximate surface area is 123 Å². The van der Waals surface area contributed by atoms with Gasteiger partial charge in [0.25, 0.3) is 0 Å². The van der Waals surface area contributed by atoms with E-state index in [0.29, 0.717) is 5.56 Å². The molecule has 0 amide bonds. The summed E-state index contributed by atoms with van der Waals surface area (Å²) in [6, 6.07) is 3.97. The number of hydrogen-bond donors (Lipinski definition) is 1. The average molecular weight is 342 g/mol. The van der Waals surface area contributed by atoms with Crippen LogP contribution in [-0.4, -0.2) is 51.8 Å². The van der Waals surface area contributed by atoms with Crippen LogP contribution in [0.25, 0.3) is 0 Å². The Balaban J connectivity index is 3.01. The predicted octanol–water partition coefficient (Wildman–Crippen LogP) is 0.497. The van der Waals surface area contributed by atoms with Crippen LogP contribution < -0.4 is 0 Å². The Morgan fingerprint density at radius 2 is 1.85 bits per heavy atom. The number of sulfonamides is 1. The molecule has 0 atom stereocenters. The first-order valence-corrected chi connectivity index (χ1v) is 9.49. The molecule has 0 radical (unpaired) electrons. The van der Waals surface area contributed by atoms with Gasteiger partial charge in [0.15, 0.2) is 0 Å². The number of hydrogen-bond acceptors (Lipinski definition) is 5. The van der Waals surface area contributed by atoms with Crippen molar-refractivity contribution in [3.05, 3.63) is 28.8 Å². The maximum atomic E-state index is 12.2. The minimum atomic E-state index is -3.81. The molecule has 1 rings (SSSR count). The van der Waals surface area contributed by atoms with E-state index in [0.717, 1.165) is 10.6 Å². The fraction of sp³-hybridized carbons (Fsp3) is 0.455. The van der Waals surface area contributed by atoms with Gasteiger partial charge in [0, 0.05) is 24.9 Å². The van der Waals surface area contributed by atoms with E-state index in [1.165, 1.54) is 25.2 Å². The van der Waals surface area contributed by atoms with Crippen LogP contribution >= 0.6 is 11.6 Å². The number of sulfone groups is 1. The third-order valence-corrected chi connectivity index (χ3v) is 5.81. The first-order chi connectivity index (χ1) is 9.08. The molecule has 0 aliphatic rings. The second-order valence-corrected chi connectivity index (χ2v) is 9.08. The Morgan fingerprint density at radius 3 is 2.30 bits per heavy atom. The lowest BCUT2D eigenvalue weighted by atomic mass is 10.2. The van der Waals surface area contributed by atoms with Crippen LogP contribution in [0.5, 0.6) is 0 Å². The SMILES string of the molecule is CN(CCS(C)(=O)=O)S(=O)(=O)c1ccc(CO)c(Cl)c1. The van der Waals surface area contributed by atoms with E-state index in [2.05, 4.69) is 0 Å². The third-order valence-electron chi connectivity index (χ3n) is 2.68. The lowest BCUT2D eigenvalue weighted by Gasteiger charge is -2.17. The Hall–Kier alpha value is -0.670. The maximum absolute atomic E-state index is 12.2. The molecule has 0 saturated heterocycles. The smallest absolute Gasteiger partial charge is 0.242 e. The molecule has 0 unspecified atom stereocenters. The fourth-order valence-electron chi connectivity index (χ4n) is 1.41. The molecule has 0 fully saturated rings. The van der Waals surface area contributed by atoms with Crippen LogP contribution in [0.4, 0.5) is 0 Å². The second kappa shape index (κ2) is 6.40. The molecular weight excluding hydrogens is 326 g/mol. The topological polar surface area (TPSA) is 91.8 Å². The van der Waals surface area contributed by atoms with E-state index in [-0.39, 0.29) is 28.8 Å². The van der Waals surface area contributed by atoms with Gasteiger partial charge in [-0.1, -0.05) is 17.7 Å². The molecule has 114 valence electrons. The summed E-state index contributed by atoms with van der Waals surface area (Å²) in [5.41, 5.74) is 0.421. The van der Waals surface area contributed by atoms with Crippen LogP contribution in [0.15, 0.2) is 23.1 Å². The highest BCUT2D eigenvalue weighted by atomic mass is 35.5. The predicted molar refractivity (Wildman–Crippen MR) is 76.9 cm³/mol. The zero-order chi connectivity index (χ0) is 15.6. The number of aliphatic hydroxyl groups is 1. The van der Waals surface area contributed by atoms with Crippen molar-refractivity contribution in [1.29, 1.82) is 0 Å². The van der Waals surface area contributed by atoms with Gasteiger partial charge in [-0.3, -0.25) is 0 Å². The van der Waals surface area contributed by atoms with E-state index in [9.17, 15) is 16.8 Å². The van der Waals surface area contributed by atoms with E-state index in [1.807, 2.05) is 0 Å². The summed E-state index contributed by atoms with van der Waals surface area (Å²) in [4.78, 5) is -0.0456. The van der Waals surface area contributed by atoms with Crippen molar-refractivity contribution in [3.63, 3.8) is 0 Å². The third kappa shape index (κ3) is 4.42. The lowest BCUT2D eigenvalue weighted by Crippen LogP contribution is -2.31. The summed E-state index contributed by atoms with van der Waals surface area (Å²) < 4.78 is 47.5. The summed E-state index contributed by atoms with van der Waals surface area (Å²) in [7, 11) is -5.75. The first-order valence-electron chi connectivity index (χ1n) is 5.61. The van der Waals surface area contributed by atoms with Crippen LogP contribution in [0.1, 0.15) is 5.56 Å². The second-order valence-electron chi connectivity index (χ2n) is 4.37. The molecule has 0 aliphatic carbocycles. The molecule has 6 nitrogen and oxygen atoms in total. The van der Waals surface area contributed by atoms with Gasteiger partial charge in [-0.05, 0) is 17.7 Å².